The standard InChI is InChI=1S/C24H31N3O4/c1-5-12-26-21-17(18(14-28)22(26)24(30)25(2)3)13-27-19(21)11-10-16(23(27)29)15-8-6-7-9-20(15)31-4/h6-11,17-18,21-22,28H,5,12-14H2,1-4H3/t17-,18-,21+,22-/m0/s1. The number of aromatic nitrogens is 1. The van der Waals surface area contributed by atoms with E-state index in [2.05, 4.69) is 11.8 Å². The number of para-hydroxylation sites is 1. The molecule has 0 unspecified atom stereocenters. The van der Waals surface area contributed by atoms with Gasteiger partial charge in [-0.15, -0.1) is 0 Å². The molecule has 7 heteroatoms. The van der Waals surface area contributed by atoms with Crippen LogP contribution in [0.5, 0.6) is 5.75 Å². The SMILES string of the molecule is CCCN1[C@H](C(=O)N(C)C)[C@@H](CO)[C@@H]2Cn3c(ccc(-c4ccccc4OC)c3=O)[C@@H]21. The Labute approximate surface area is 182 Å². The van der Waals surface area contributed by atoms with Crippen LogP contribution in [0.3, 0.4) is 0 Å². The van der Waals surface area contributed by atoms with E-state index >= 15 is 0 Å². The van der Waals surface area contributed by atoms with E-state index in [0.29, 0.717) is 17.9 Å². The third-order valence-corrected chi connectivity index (χ3v) is 6.76. The van der Waals surface area contributed by atoms with Gasteiger partial charge in [0.1, 0.15) is 5.75 Å². The first-order valence-corrected chi connectivity index (χ1v) is 10.9. The fourth-order valence-electron chi connectivity index (χ4n) is 5.44. The van der Waals surface area contributed by atoms with Crippen molar-refractivity contribution < 1.29 is 14.6 Å². The number of amides is 1. The van der Waals surface area contributed by atoms with E-state index in [1.54, 1.807) is 26.1 Å². The maximum atomic E-state index is 13.5. The third kappa shape index (κ3) is 3.36. The minimum atomic E-state index is -0.368. The highest BCUT2D eigenvalue weighted by atomic mass is 16.5. The topological polar surface area (TPSA) is 75.0 Å². The Morgan fingerprint density at radius 1 is 1.19 bits per heavy atom. The van der Waals surface area contributed by atoms with Gasteiger partial charge in [0.05, 0.1) is 24.8 Å². The molecule has 4 atom stereocenters. The highest BCUT2D eigenvalue weighted by Gasteiger charge is 2.55. The molecule has 1 amide bonds. The van der Waals surface area contributed by atoms with E-state index in [0.717, 1.165) is 24.2 Å². The molecule has 2 aliphatic heterocycles. The fraction of sp³-hybridized carbons (Fsp3) is 0.500. The molecule has 1 aromatic heterocycles. The average molecular weight is 426 g/mol. The van der Waals surface area contributed by atoms with Gasteiger partial charge in [-0.25, -0.2) is 0 Å². The summed E-state index contributed by atoms with van der Waals surface area (Å²) in [5, 5.41) is 10.2. The lowest BCUT2D eigenvalue weighted by atomic mass is 9.88. The van der Waals surface area contributed by atoms with Crippen LogP contribution in [0.25, 0.3) is 11.1 Å². The van der Waals surface area contributed by atoms with E-state index in [4.69, 9.17) is 4.74 Å². The average Bonchev–Trinajstić information content (AvgIpc) is 3.29. The summed E-state index contributed by atoms with van der Waals surface area (Å²) in [4.78, 5) is 30.3. The summed E-state index contributed by atoms with van der Waals surface area (Å²) in [6.45, 7) is 3.26. The van der Waals surface area contributed by atoms with Gasteiger partial charge >= 0.3 is 0 Å². The first-order valence-electron chi connectivity index (χ1n) is 10.9. The van der Waals surface area contributed by atoms with E-state index in [1.165, 1.54) is 0 Å². The minimum absolute atomic E-state index is 0.0152. The maximum Gasteiger partial charge on any atom is 0.258 e. The maximum absolute atomic E-state index is 13.5. The number of hydrogen-bond acceptors (Lipinski definition) is 5. The van der Waals surface area contributed by atoms with Crippen LogP contribution in [0.4, 0.5) is 0 Å². The van der Waals surface area contributed by atoms with E-state index in [9.17, 15) is 14.7 Å². The fourth-order valence-corrected chi connectivity index (χ4v) is 5.44. The smallest absolute Gasteiger partial charge is 0.258 e. The van der Waals surface area contributed by atoms with Crippen LogP contribution in [0.2, 0.25) is 0 Å². The van der Waals surface area contributed by atoms with Gasteiger partial charge in [-0.1, -0.05) is 25.1 Å². The van der Waals surface area contributed by atoms with Crippen molar-refractivity contribution in [2.75, 3.05) is 34.4 Å². The molecule has 0 bridgehead atoms. The summed E-state index contributed by atoms with van der Waals surface area (Å²) < 4.78 is 7.30. The number of ether oxygens (including phenoxy) is 1. The Hall–Kier alpha value is -2.64. The summed E-state index contributed by atoms with van der Waals surface area (Å²) in [5.74, 6) is 0.490. The second-order valence-corrected chi connectivity index (χ2v) is 8.66. The number of pyridine rings is 1. The van der Waals surface area contributed by atoms with Crippen LogP contribution < -0.4 is 10.3 Å². The lowest BCUT2D eigenvalue weighted by Gasteiger charge is -2.32. The van der Waals surface area contributed by atoms with Crippen LogP contribution in [0, 0.1) is 11.8 Å². The molecule has 31 heavy (non-hydrogen) atoms. The zero-order chi connectivity index (χ0) is 22.3. The van der Waals surface area contributed by atoms with Gasteiger partial charge in [-0.05, 0) is 31.2 Å². The summed E-state index contributed by atoms with van der Waals surface area (Å²) >= 11 is 0. The number of likely N-dealkylation sites (tertiary alicyclic amines) is 1. The number of carbonyl (C=O) groups excluding carboxylic acids is 1. The number of hydrogen-bond donors (Lipinski definition) is 1. The Morgan fingerprint density at radius 3 is 2.58 bits per heavy atom. The summed E-state index contributed by atoms with van der Waals surface area (Å²) in [7, 11) is 5.12. The summed E-state index contributed by atoms with van der Waals surface area (Å²) in [5.41, 5.74) is 2.24. The van der Waals surface area contributed by atoms with Gasteiger partial charge in [0.15, 0.2) is 0 Å². The van der Waals surface area contributed by atoms with Gasteiger partial charge < -0.3 is 19.3 Å². The number of rotatable bonds is 6. The number of fused-ring (bicyclic) bond motifs is 3. The van der Waals surface area contributed by atoms with Gasteiger partial charge in [0.2, 0.25) is 5.91 Å². The van der Waals surface area contributed by atoms with Crippen LogP contribution in [0.1, 0.15) is 25.1 Å². The highest BCUT2D eigenvalue weighted by Crippen LogP contribution is 2.49. The van der Waals surface area contributed by atoms with Gasteiger partial charge in [0.25, 0.3) is 5.56 Å². The van der Waals surface area contributed by atoms with Gasteiger partial charge in [-0.3, -0.25) is 14.5 Å². The second kappa shape index (κ2) is 8.48. The Morgan fingerprint density at radius 2 is 1.94 bits per heavy atom. The predicted molar refractivity (Wildman–Crippen MR) is 119 cm³/mol. The molecule has 2 aromatic rings. The molecule has 7 nitrogen and oxygen atoms in total. The van der Waals surface area contributed by atoms with Crippen LogP contribution >= 0.6 is 0 Å². The normalized spacial score (nSPS) is 24.7. The van der Waals surface area contributed by atoms with Crippen molar-refractivity contribution >= 4 is 5.91 Å². The van der Waals surface area contributed by atoms with Crippen molar-refractivity contribution in [3.63, 3.8) is 0 Å². The molecule has 3 heterocycles. The van der Waals surface area contributed by atoms with E-state index in [-0.39, 0.29) is 42.0 Å². The van der Waals surface area contributed by atoms with Crippen molar-refractivity contribution in [2.24, 2.45) is 11.8 Å². The number of likely N-dealkylation sites (N-methyl/N-ethyl adjacent to an activating group) is 1. The molecule has 0 aliphatic carbocycles. The molecule has 1 saturated heterocycles. The third-order valence-electron chi connectivity index (χ3n) is 6.76. The van der Waals surface area contributed by atoms with E-state index in [1.807, 2.05) is 41.0 Å². The van der Waals surface area contributed by atoms with E-state index < -0.39 is 0 Å². The molecule has 1 aromatic carbocycles. The zero-order valence-corrected chi connectivity index (χ0v) is 18.6. The lowest BCUT2D eigenvalue weighted by molar-refractivity contribution is -0.135. The van der Waals surface area contributed by atoms with Crippen molar-refractivity contribution in [2.45, 2.75) is 32.0 Å². The quantitative estimate of drug-likeness (QED) is 0.766. The van der Waals surface area contributed by atoms with Gasteiger partial charge in [0, 0.05) is 50.3 Å². The molecule has 2 aliphatic rings. The lowest BCUT2D eigenvalue weighted by Crippen LogP contribution is -2.48. The number of benzene rings is 1. The number of aliphatic hydroxyl groups is 1. The number of aliphatic hydroxyl groups excluding tert-OH is 1. The largest absolute Gasteiger partial charge is 0.496 e. The Kier molecular flexibility index (Phi) is 5.90. The van der Waals surface area contributed by atoms with Crippen molar-refractivity contribution in [1.29, 1.82) is 0 Å². The molecular weight excluding hydrogens is 394 g/mol. The Bertz CT molecular complexity index is 1030. The molecule has 0 spiro atoms. The highest BCUT2D eigenvalue weighted by molar-refractivity contribution is 5.82. The monoisotopic (exact) mass is 425 g/mol. The van der Waals surface area contributed by atoms with Crippen LogP contribution in [0.15, 0.2) is 41.2 Å². The molecule has 166 valence electrons. The number of carbonyl (C=O) groups is 1. The zero-order valence-electron chi connectivity index (χ0n) is 18.6. The number of methoxy groups -OCH3 is 1. The van der Waals surface area contributed by atoms with Crippen molar-refractivity contribution in [3.8, 4) is 16.9 Å². The molecular formula is C24H31N3O4. The molecule has 1 fully saturated rings. The molecule has 0 radical (unpaired) electrons. The summed E-state index contributed by atoms with van der Waals surface area (Å²) in [6.07, 6.45) is 0.891. The minimum Gasteiger partial charge on any atom is -0.496 e. The van der Waals surface area contributed by atoms with Crippen molar-refractivity contribution in [3.05, 3.63) is 52.4 Å². The second-order valence-electron chi connectivity index (χ2n) is 8.66. The molecule has 1 N–H and O–H groups in total. The first kappa shape index (κ1) is 21.6. The van der Waals surface area contributed by atoms with Crippen molar-refractivity contribution in [1.82, 2.24) is 14.4 Å². The predicted octanol–water partition coefficient (Wildman–Crippen LogP) is 1.99. The van der Waals surface area contributed by atoms with Crippen LogP contribution in [-0.4, -0.2) is 65.8 Å². The molecule has 4 rings (SSSR count). The summed E-state index contributed by atoms with van der Waals surface area (Å²) in [6, 6.07) is 11.0. The first-order chi connectivity index (χ1) is 14.9. The van der Waals surface area contributed by atoms with Crippen LogP contribution in [-0.2, 0) is 11.3 Å². The molecule has 0 saturated carbocycles. The number of nitrogens with zero attached hydrogens (tertiary/aromatic N) is 3. The van der Waals surface area contributed by atoms with Gasteiger partial charge in [-0.2, -0.15) is 0 Å². The Balaban J connectivity index is 1.80.